The normalized spacial score (nSPS) is 10.4. The van der Waals surface area contributed by atoms with Gasteiger partial charge in [0.05, 0.1) is 5.56 Å². The number of aromatic nitrogens is 2. The van der Waals surface area contributed by atoms with Gasteiger partial charge in [-0.2, -0.15) is 0 Å². The Balaban J connectivity index is 2.10. The van der Waals surface area contributed by atoms with Crippen molar-refractivity contribution in [2.75, 3.05) is 0 Å². The number of halogens is 1. The van der Waals surface area contributed by atoms with E-state index >= 15 is 0 Å². The number of thioether (sulfide) groups is 1. The molecule has 1 N–H and O–H groups in total. The van der Waals surface area contributed by atoms with E-state index in [0.717, 1.165) is 11.8 Å². The molecule has 19 heavy (non-hydrogen) atoms. The van der Waals surface area contributed by atoms with E-state index in [1.165, 1.54) is 23.9 Å². The van der Waals surface area contributed by atoms with Gasteiger partial charge in [0.2, 0.25) is 0 Å². The zero-order valence-corrected chi connectivity index (χ0v) is 10.9. The van der Waals surface area contributed by atoms with E-state index in [-0.39, 0.29) is 5.56 Å². The van der Waals surface area contributed by atoms with Crippen molar-refractivity contribution >= 4 is 17.7 Å². The van der Waals surface area contributed by atoms with E-state index < -0.39 is 11.8 Å². The minimum absolute atomic E-state index is 0.0574. The Kier molecular flexibility index (Phi) is 4.11. The summed E-state index contributed by atoms with van der Waals surface area (Å²) in [6.07, 6.45) is 1.65. The van der Waals surface area contributed by atoms with Crippen LogP contribution in [0.5, 0.6) is 0 Å². The number of rotatable bonds is 4. The van der Waals surface area contributed by atoms with Gasteiger partial charge in [-0.25, -0.2) is 19.2 Å². The van der Waals surface area contributed by atoms with Crippen LogP contribution in [0, 0.1) is 12.7 Å². The maximum atomic E-state index is 13.7. The second-order valence-corrected chi connectivity index (χ2v) is 4.82. The Bertz CT molecular complexity index is 619. The van der Waals surface area contributed by atoms with Crippen molar-refractivity contribution < 1.29 is 14.3 Å². The number of carboxylic acid groups (broad SMARTS) is 1. The van der Waals surface area contributed by atoms with Gasteiger partial charge < -0.3 is 5.11 Å². The molecule has 6 heteroatoms. The van der Waals surface area contributed by atoms with Gasteiger partial charge in [-0.05, 0) is 30.7 Å². The molecule has 0 aliphatic heterocycles. The molecule has 0 aliphatic rings. The third-order valence-electron chi connectivity index (χ3n) is 2.43. The van der Waals surface area contributed by atoms with E-state index in [1.807, 2.05) is 6.92 Å². The zero-order chi connectivity index (χ0) is 13.8. The SMILES string of the molecule is Cc1ccnc(SCc2ccc(C(=O)O)cc2F)n1. The molecule has 4 nitrogen and oxygen atoms in total. The minimum atomic E-state index is -1.14. The Morgan fingerprint density at radius 1 is 1.42 bits per heavy atom. The van der Waals surface area contributed by atoms with Crippen molar-refractivity contribution in [3.63, 3.8) is 0 Å². The minimum Gasteiger partial charge on any atom is -0.478 e. The summed E-state index contributed by atoms with van der Waals surface area (Å²) >= 11 is 1.31. The summed E-state index contributed by atoms with van der Waals surface area (Å²) < 4.78 is 13.7. The highest BCUT2D eigenvalue weighted by Gasteiger charge is 2.09. The first-order valence-electron chi connectivity index (χ1n) is 5.50. The average Bonchev–Trinajstić information content (AvgIpc) is 2.37. The summed E-state index contributed by atoms with van der Waals surface area (Å²) in [5, 5.41) is 9.32. The van der Waals surface area contributed by atoms with Crippen molar-refractivity contribution in [2.24, 2.45) is 0 Å². The Labute approximate surface area is 113 Å². The molecule has 0 radical (unpaired) electrons. The molecule has 0 atom stereocenters. The first-order chi connectivity index (χ1) is 9.06. The van der Waals surface area contributed by atoms with Crippen LogP contribution in [0.1, 0.15) is 21.6 Å². The Hall–Kier alpha value is -1.95. The van der Waals surface area contributed by atoms with Crippen molar-refractivity contribution in [3.8, 4) is 0 Å². The van der Waals surface area contributed by atoms with Gasteiger partial charge in [0.1, 0.15) is 5.82 Å². The smallest absolute Gasteiger partial charge is 0.335 e. The molecule has 0 fully saturated rings. The lowest BCUT2D eigenvalue weighted by Crippen LogP contribution is -1.99. The molecular formula is C13H11FN2O2S. The van der Waals surface area contributed by atoms with Gasteiger partial charge in [0, 0.05) is 17.6 Å². The summed E-state index contributed by atoms with van der Waals surface area (Å²) in [5.74, 6) is -1.31. The molecule has 2 aromatic rings. The van der Waals surface area contributed by atoms with Crippen LogP contribution < -0.4 is 0 Å². The van der Waals surface area contributed by atoms with Crippen LogP contribution in [0.4, 0.5) is 4.39 Å². The fourth-order valence-corrected chi connectivity index (χ4v) is 2.30. The lowest BCUT2D eigenvalue weighted by atomic mass is 10.1. The van der Waals surface area contributed by atoms with E-state index in [4.69, 9.17) is 5.11 Å². The summed E-state index contributed by atoms with van der Waals surface area (Å²) in [5.41, 5.74) is 1.22. The zero-order valence-electron chi connectivity index (χ0n) is 10.1. The fourth-order valence-electron chi connectivity index (χ4n) is 1.44. The predicted molar refractivity (Wildman–Crippen MR) is 69.7 cm³/mol. The molecule has 0 bridgehead atoms. The number of hydrogen-bond donors (Lipinski definition) is 1. The Morgan fingerprint density at radius 2 is 2.21 bits per heavy atom. The molecular weight excluding hydrogens is 267 g/mol. The van der Waals surface area contributed by atoms with E-state index in [0.29, 0.717) is 16.5 Å². The van der Waals surface area contributed by atoms with Crippen LogP contribution in [0.25, 0.3) is 0 Å². The second-order valence-electron chi connectivity index (χ2n) is 3.88. The lowest BCUT2D eigenvalue weighted by Gasteiger charge is -2.04. The maximum absolute atomic E-state index is 13.7. The molecule has 0 saturated carbocycles. The molecule has 1 heterocycles. The van der Waals surface area contributed by atoms with Gasteiger partial charge in [0.15, 0.2) is 5.16 Å². The van der Waals surface area contributed by atoms with Crippen LogP contribution in [0.15, 0.2) is 35.6 Å². The molecule has 0 saturated heterocycles. The van der Waals surface area contributed by atoms with Crippen LogP contribution in [0.3, 0.4) is 0 Å². The molecule has 0 spiro atoms. The summed E-state index contributed by atoms with van der Waals surface area (Å²) in [7, 11) is 0. The monoisotopic (exact) mass is 278 g/mol. The number of carbonyl (C=O) groups is 1. The number of benzene rings is 1. The van der Waals surface area contributed by atoms with Gasteiger partial charge in [0.25, 0.3) is 0 Å². The molecule has 0 aliphatic carbocycles. The molecule has 2 rings (SSSR count). The predicted octanol–water partition coefficient (Wildman–Crippen LogP) is 2.91. The number of hydrogen-bond acceptors (Lipinski definition) is 4. The summed E-state index contributed by atoms with van der Waals surface area (Å²) in [4.78, 5) is 19.0. The van der Waals surface area contributed by atoms with Crippen molar-refractivity contribution in [2.45, 2.75) is 17.8 Å². The van der Waals surface area contributed by atoms with Crippen LogP contribution in [-0.4, -0.2) is 21.0 Å². The van der Waals surface area contributed by atoms with Crippen LogP contribution in [-0.2, 0) is 5.75 Å². The quantitative estimate of drug-likeness (QED) is 0.688. The molecule has 0 unspecified atom stereocenters. The average molecular weight is 278 g/mol. The highest BCUT2D eigenvalue weighted by Crippen LogP contribution is 2.21. The van der Waals surface area contributed by atoms with E-state index in [1.54, 1.807) is 12.3 Å². The fraction of sp³-hybridized carbons (Fsp3) is 0.154. The number of aromatic carboxylic acids is 1. The van der Waals surface area contributed by atoms with Gasteiger partial charge in [-0.15, -0.1) is 0 Å². The molecule has 1 aromatic carbocycles. The second kappa shape index (κ2) is 5.79. The third kappa shape index (κ3) is 3.51. The van der Waals surface area contributed by atoms with E-state index in [2.05, 4.69) is 9.97 Å². The first kappa shape index (κ1) is 13.5. The van der Waals surface area contributed by atoms with Gasteiger partial charge in [-0.1, -0.05) is 17.8 Å². The van der Waals surface area contributed by atoms with E-state index in [9.17, 15) is 9.18 Å². The van der Waals surface area contributed by atoms with Crippen LogP contribution >= 0.6 is 11.8 Å². The van der Waals surface area contributed by atoms with Crippen LogP contribution in [0.2, 0.25) is 0 Å². The van der Waals surface area contributed by atoms with Crippen molar-refractivity contribution in [3.05, 3.63) is 53.1 Å². The summed E-state index contributed by atoms with van der Waals surface area (Å²) in [6, 6.07) is 5.67. The summed E-state index contributed by atoms with van der Waals surface area (Å²) in [6.45, 7) is 1.86. The van der Waals surface area contributed by atoms with Crippen molar-refractivity contribution in [1.82, 2.24) is 9.97 Å². The maximum Gasteiger partial charge on any atom is 0.335 e. The van der Waals surface area contributed by atoms with Gasteiger partial charge >= 0.3 is 5.97 Å². The topological polar surface area (TPSA) is 63.1 Å². The number of nitrogens with zero attached hydrogens (tertiary/aromatic N) is 2. The first-order valence-corrected chi connectivity index (χ1v) is 6.49. The van der Waals surface area contributed by atoms with Crippen molar-refractivity contribution in [1.29, 1.82) is 0 Å². The molecule has 1 aromatic heterocycles. The standard InChI is InChI=1S/C13H11FN2O2S/c1-8-4-5-15-13(16-8)19-7-10-3-2-9(12(17)18)6-11(10)14/h2-6H,7H2,1H3,(H,17,18). The largest absolute Gasteiger partial charge is 0.478 e. The molecule has 98 valence electrons. The third-order valence-corrected chi connectivity index (χ3v) is 3.34. The highest BCUT2D eigenvalue weighted by molar-refractivity contribution is 7.98. The molecule has 0 amide bonds. The lowest BCUT2D eigenvalue weighted by molar-refractivity contribution is 0.0696. The van der Waals surface area contributed by atoms with Gasteiger partial charge in [-0.3, -0.25) is 0 Å². The number of aryl methyl sites for hydroxylation is 1. The number of carboxylic acids is 1. The highest BCUT2D eigenvalue weighted by atomic mass is 32.2. The Morgan fingerprint density at radius 3 is 2.84 bits per heavy atom.